The first-order valence-corrected chi connectivity index (χ1v) is 10.3. The minimum atomic E-state index is -0.788. The van der Waals surface area contributed by atoms with Crippen LogP contribution in [-0.4, -0.2) is 51.8 Å². The predicted octanol–water partition coefficient (Wildman–Crippen LogP) is 3.29. The second kappa shape index (κ2) is 8.56. The summed E-state index contributed by atoms with van der Waals surface area (Å²) in [6.07, 6.45) is -0.434. The molecule has 1 aromatic heterocycles. The molecule has 0 aromatic carbocycles. The Bertz CT molecular complexity index is 779. The summed E-state index contributed by atoms with van der Waals surface area (Å²) < 4.78 is 10.6. The van der Waals surface area contributed by atoms with Gasteiger partial charge in [-0.15, -0.1) is 0 Å². The van der Waals surface area contributed by atoms with E-state index in [4.69, 9.17) is 9.47 Å². The number of thiazole rings is 1. The van der Waals surface area contributed by atoms with Gasteiger partial charge in [0.05, 0.1) is 12.2 Å². The lowest BCUT2D eigenvalue weighted by Gasteiger charge is -2.29. The molecule has 0 spiro atoms. The number of amides is 3. The van der Waals surface area contributed by atoms with E-state index < -0.39 is 29.2 Å². The Balaban J connectivity index is 1.94. The van der Waals surface area contributed by atoms with E-state index in [9.17, 15) is 14.4 Å². The number of fused-ring (bicyclic) bond motifs is 1. The highest BCUT2D eigenvalue weighted by molar-refractivity contribution is 7.15. The van der Waals surface area contributed by atoms with Crippen molar-refractivity contribution >= 4 is 34.6 Å². The number of nitrogens with one attached hydrogen (secondary N) is 2. The van der Waals surface area contributed by atoms with E-state index in [1.807, 2.05) is 20.8 Å². The van der Waals surface area contributed by atoms with Gasteiger partial charge in [-0.1, -0.05) is 11.3 Å². The van der Waals surface area contributed by atoms with E-state index in [2.05, 4.69) is 15.6 Å². The summed E-state index contributed by atoms with van der Waals surface area (Å²) in [6, 6.07) is -0.788. The van der Waals surface area contributed by atoms with Crippen molar-refractivity contribution in [2.75, 3.05) is 11.9 Å². The summed E-state index contributed by atoms with van der Waals surface area (Å²) in [5, 5.41) is 5.64. The van der Waals surface area contributed by atoms with Crippen LogP contribution in [0.2, 0.25) is 0 Å². The van der Waals surface area contributed by atoms with Crippen molar-refractivity contribution < 1.29 is 23.9 Å². The molecule has 2 N–H and O–H groups in total. The number of anilines is 1. The van der Waals surface area contributed by atoms with Crippen LogP contribution in [0.1, 0.15) is 59.0 Å². The van der Waals surface area contributed by atoms with Crippen LogP contribution in [-0.2, 0) is 27.2 Å². The zero-order valence-electron chi connectivity index (χ0n) is 18.0. The van der Waals surface area contributed by atoms with Crippen LogP contribution in [0.15, 0.2) is 0 Å². The molecule has 1 aromatic rings. The van der Waals surface area contributed by atoms with Crippen LogP contribution in [0.5, 0.6) is 0 Å². The van der Waals surface area contributed by atoms with Gasteiger partial charge in [-0.3, -0.25) is 4.79 Å². The van der Waals surface area contributed by atoms with E-state index in [0.29, 0.717) is 24.6 Å². The van der Waals surface area contributed by atoms with E-state index in [1.165, 1.54) is 11.3 Å². The van der Waals surface area contributed by atoms with Crippen molar-refractivity contribution in [2.24, 2.45) is 0 Å². The Hall–Kier alpha value is -2.36. The normalized spacial score (nSPS) is 15.2. The van der Waals surface area contributed by atoms with Crippen molar-refractivity contribution in [3.05, 3.63) is 10.6 Å². The fourth-order valence-corrected chi connectivity index (χ4v) is 3.52. The highest BCUT2D eigenvalue weighted by Gasteiger charge is 2.28. The Morgan fingerprint density at radius 1 is 1.10 bits per heavy atom. The average Bonchev–Trinajstić information content (AvgIpc) is 2.92. The third kappa shape index (κ3) is 7.19. The van der Waals surface area contributed by atoms with Gasteiger partial charge in [0, 0.05) is 17.8 Å². The topological polar surface area (TPSA) is 110 Å². The number of carbonyl (C=O) groups excluding carboxylic acids is 3. The molecular formula is C19H30N4O5S. The maximum Gasteiger partial charge on any atom is 0.410 e. The van der Waals surface area contributed by atoms with Crippen LogP contribution in [0.3, 0.4) is 0 Å². The Labute approximate surface area is 175 Å². The zero-order valence-corrected chi connectivity index (χ0v) is 18.9. The predicted molar refractivity (Wildman–Crippen MR) is 110 cm³/mol. The SMILES string of the molecule is C[C@@H](NC(=O)OC(C)(C)C)C(=O)Nc1nc2c(s1)CN(C(=O)OC(C)(C)C)CC2. The molecule has 9 nitrogen and oxygen atoms in total. The Morgan fingerprint density at radius 3 is 2.31 bits per heavy atom. The smallest absolute Gasteiger partial charge is 0.410 e. The van der Waals surface area contributed by atoms with Gasteiger partial charge in [-0.25, -0.2) is 14.6 Å². The minimum Gasteiger partial charge on any atom is -0.444 e. The van der Waals surface area contributed by atoms with Gasteiger partial charge in [-0.2, -0.15) is 0 Å². The summed E-state index contributed by atoms with van der Waals surface area (Å²) >= 11 is 1.31. The van der Waals surface area contributed by atoms with E-state index >= 15 is 0 Å². The number of alkyl carbamates (subject to hydrolysis) is 1. The maximum absolute atomic E-state index is 12.4. The molecule has 29 heavy (non-hydrogen) atoms. The molecule has 1 aliphatic heterocycles. The van der Waals surface area contributed by atoms with Crippen molar-refractivity contribution in [2.45, 2.75) is 78.7 Å². The van der Waals surface area contributed by atoms with Crippen LogP contribution in [0, 0.1) is 0 Å². The number of hydrogen-bond acceptors (Lipinski definition) is 7. The van der Waals surface area contributed by atoms with E-state index in [1.54, 1.807) is 32.6 Å². The molecule has 0 fully saturated rings. The fraction of sp³-hybridized carbons (Fsp3) is 0.684. The first kappa shape index (κ1) is 22.9. The number of aromatic nitrogens is 1. The summed E-state index contributed by atoms with van der Waals surface area (Å²) in [7, 11) is 0. The summed E-state index contributed by atoms with van der Waals surface area (Å²) in [5.41, 5.74) is -0.339. The molecule has 1 atom stereocenters. The summed E-state index contributed by atoms with van der Waals surface area (Å²) in [6.45, 7) is 13.2. The molecule has 0 unspecified atom stereocenters. The number of rotatable bonds is 3. The Morgan fingerprint density at radius 2 is 1.72 bits per heavy atom. The van der Waals surface area contributed by atoms with Gasteiger partial charge < -0.3 is 25.0 Å². The summed E-state index contributed by atoms with van der Waals surface area (Å²) in [4.78, 5) is 43.4. The first-order chi connectivity index (χ1) is 13.2. The quantitative estimate of drug-likeness (QED) is 0.767. The lowest BCUT2D eigenvalue weighted by Crippen LogP contribution is -2.43. The third-order valence-corrected chi connectivity index (χ3v) is 4.74. The van der Waals surface area contributed by atoms with Gasteiger partial charge in [0.2, 0.25) is 5.91 Å². The second-order valence-electron chi connectivity index (χ2n) is 8.90. The summed E-state index contributed by atoms with van der Waals surface area (Å²) in [5.74, 6) is -0.397. The molecule has 0 saturated heterocycles. The van der Waals surface area contributed by atoms with Gasteiger partial charge >= 0.3 is 12.2 Å². The molecule has 0 radical (unpaired) electrons. The lowest BCUT2D eigenvalue weighted by atomic mass is 10.2. The molecule has 0 aliphatic carbocycles. The average molecular weight is 427 g/mol. The van der Waals surface area contributed by atoms with Gasteiger partial charge in [0.1, 0.15) is 17.2 Å². The molecule has 162 valence electrons. The van der Waals surface area contributed by atoms with Crippen LogP contribution < -0.4 is 10.6 Å². The van der Waals surface area contributed by atoms with E-state index in [0.717, 1.165) is 10.6 Å². The van der Waals surface area contributed by atoms with Crippen LogP contribution >= 0.6 is 11.3 Å². The fourth-order valence-electron chi connectivity index (χ4n) is 2.49. The molecule has 2 heterocycles. The van der Waals surface area contributed by atoms with Crippen LogP contribution in [0.25, 0.3) is 0 Å². The highest BCUT2D eigenvalue weighted by Crippen LogP contribution is 2.29. The second-order valence-corrected chi connectivity index (χ2v) is 9.98. The van der Waals surface area contributed by atoms with Crippen molar-refractivity contribution in [1.82, 2.24) is 15.2 Å². The molecule has 3 amide bonds. The van der Waals surface area contributed by atoms with E-state index in [-0.39, 0.29) is 6.09 Å². The number of hydrogen-bond donors (Lipinski definition) is 2. The zero-order chi connectivity index (χ0) is 22.0. The maximum atomic E-state index is 12.4. The molecule has 0 saturated carbocycles. The lowest BCUT2D eigenvalue weighted by molar-refractivity contribution is -0.117. The standard InChI is InChI=1S/C19H30N4O5S/c1-11(20-16(25)27-18(2,3)4)14(24)22-15-21-12-8-9-23(10-13(12)29-15)17(26)28-19(5,6)7/h11H,8-10H2,1-7H3,(H,20,25)(H,21,22,24)/t11-/m1/s1. The molecule has 10 heteroatoms. The van der Waals surface area contributed by atoms with Gasteiger partial charge in [0.25, 0.3) is 0 Å². The third-order valence-electron chi connectivity index (χ3n) is 3.74. The number of ether oxygens (including phenoxy) is 2. The van der Waals surface area contributed by atoms with Crippen molar-refractivity contribution in [3.8, 4) is 0 Å². The monoisotopic (exact) mass is 426 g/mol. The molecule has 0 bridgehead atoms. The Kier molecular flexibility index (Phi) is 6.77. The highest BCUT2D eigenvalue weighted by atomic mass is 32.1. The molecule has 1 aliphatic rings. The first-order valence-electron chi connectivity index (χ1n) is 9.50. The van der Waals surface area contributed by atoms with Crippen molar-refractivity contribution in [3.63, 3.8) is 0 Å². The number of carbonyl (C=O) groups is 3. The molecular weight excluding hydrogens is 396 g/mol. The van der Waals surface area contributed by atoms with Crippen LogP contribution in [0.4, 0.5) is 14.7 Å². The largest absolute Gasteiger partial charge is 0.444 e. The minimum absolute atomic E-state index is 0.364. The molecule has 2 rings (SSSR count). The van der Waals surface area contributed by atoms with Gasteiger partial charge in [0.15, 0.2) is 5.13 Å². The number of nitrogens with zero attached hydrogens (tertiary/aromatic N) is 2. The van der Waals surface area contributed by atoms with Crippen molar-refractivity contribution in [1.29, 1.82) is 0 Å². The van der Waals surface area contributed by atoms with Gasteiger partial charge in [-0.05, 0) is 48.5 Å².